The molecular weight excluding hydrogens is 388 g/mol. The number of esters is 1. The van der Waals surface area contributed by atoms with E-state index in [1.54, 1.807) is 25.1 Å². The van der Waals surface area contributed by atoms with Crippen LogP contribution in [0.3, 0.4) is 0 Å². The van der Waals surface area contributed by atoms with Crippen LogP contribution >= 0.6 is 0 Å². The maximum atomic E-state index is 12.9. The van der Waals surface area contributed by atoms with Crippen molar-refractivity contribution in [2.75, 3.05) is 7.05 Å². The summed E-state index contributed by atoms with van der Waals surface area (Å²) in [6, 6.07) is 12.9. The molecule has 0 fully saturated rings. The van der Waals surface area contributed by atoms with Gasteiger partial charge in [-0.3, -0.25) is 14.9 Å². The van der Waals surface area contributed by atoms with Gasteiger partial charge in [-0.2, -0.15) is 0 Å². The smallest absolute Gasteiger partial charge is 0.342 e. The lowest BCUT2D eigenvalue weighted by molar-refractivity contribution is -0.127. The van der Waals surface area contributed by atoms with Gasteiger partial charge in [0.05, 0.1) is 5.39 Å². The average Bonchev–Trinajstić information content (AvgIpc) is 2.76. The molecule has 0 unspecified atom stereocenters. The van der Waals surface area contributed by atoms with E-state index in [0.717, 1.165) is 0 Å². The summed E-state index contributed by atoms with van der Waals surface area (Å²) in [4.78, 5) is 48.8. The number of fused-ring (bicyclic) bond motifs is 1. The molecule has 0 aliphatic heterocycles. The first-order valence-electron chi connectivity index (χ1n) is 9.19. The van der Waals surface area contributed by atoms with Crippen molar-refractivity contribution >= 4 is 28.9 Å². The third-order valence-corrected chi connectivity index (χ3v) is 4.52. The van der Waals surface area contributed by atoms with Gasteiger partial charge in [-0.1, -0.05) is 36.4 Å². The van der Waals surface area contributed by atoms with Gasteiger partial charge in [0.25, 0.3) is 5.91 Å². The van der Waals surface area contributed by atoms with E-state index in [0.29, 0.717) is 16.9 Å². The molecule has 3 amide bonds. The number of amides is 3. The number of benzene rings is 2. The zero-order valence-corrected chi connectivity index (χ0v) is 16.6. The van der Waals surface area contributed by atoms with Crippen LogP contribution in [0.25, 0.3) is 22.3 Å². The predicted octanol–water partition coefficient (Wildman–Crippen LogP) is 2.77. The molecule has 0 aliphatic rings. The molecule has 8 heteroatoms. The largest absolute Gasteiger partial charge is 0.455 e. The SMILES string of the molecule is CNC(=O)NC(=O)[C@@H](C)OC(=O)c1cccc2c(=O)c(C)c(-c3ccccc3)oc12. The topological polar surface area (TPSA) is 115 Å². The van der Waals surface area contributed by atoms with Gasteiger partial charge >= 0.3 is 12.0 Å². The molecule has 3 aromatic rings. The summed E-state index contributed by atoms with van der Waals surface area (Å²) in [5.41, 5.74) is 0.903. The van der Waals surface area contributed by atoms with E-state index in [1.165, 1.54) is 26.1 Å². The molecule has 0 bridgehead atoms. The Balaban J connectivity index is 2.01. The zero-order valence-electron chi connectivity index (χ0n) is 16.6. The Morgan fingerprint density at radius 2 is 1.73 bits per heavy atom. The summed E-state index contributed by atoms with van der Waals surface area (Å²) in [5, 5.41) is 4.49. The molecule has 3 rings (SSSR count). The highest BCUT2D eigenvalue weighted by molar-refractivity contribution is 6.04. The molecule has 0 aliphatic carbocycles. The predicted molar refractivity (Wildman–Crippen MR) is 110 cm³/mol. The van der Waals surface area contributed by atoms with Crippen molar-refractivity contribution in [3.05, 3.63) is 69.9 Å². The minimum Gasteiger partial charge on any atom is -0.455 e. The summed E-state index contributed by atoms with van der Waals surface area (Å²) in [6.45, 7) is 2.99. The third-order valence-electron chi connectivity index (χ3n) is 4.52. The third kappa shape index (κ3) is 4.07. The van der Waals surface area contributed by atoms with Crippen molar-refractivity contribution in [1.82, 2.24) is 10.6 Å². The fourth-order valence-electron chi connectivity index (χ4n) is 2.89. The van der Waals surface area contributed by atoms with Crippen molar-refractivity contribution in [3.63, 3.8) is 0 Å². The maximum absolute atomic E-state index is 12.9. The van der Waals surface area contributed by atoms with Crippen molar-refractivity contribution in [1.29, 1.82) is 0 Å². The first kappa shape index (κ1) is 20.8. The molecule has 1 aromatic heterocycles. The van der Waals surface area contributed by atoms with Gasteiger partial charge < -0.3 is 14.5 Å². The van der Waals surface area contributed by atoms with Crippen LogP contribution in [0, 0.1) is 6.92 Å². The lowest BCUT2D eigenvalue weighted by Crippen LogP contribution is -2.43. The second-order valence-corrected chi connectivity index (χ2v) is 6.55. The minimum atomic E-state index is -1.24. The Morgan fingerprint density at radius 1 is 1.03 bits per heavy atom. The van der Waals surface area contributed by atoms with Gasteiger partial charge in [0.15, 0.2) is 17.1 Å². The lowest BCUT2D eigenvalue weighted by atomic mass is 10.0. The van der Waals surface area contributed by atoms with Gasteiger partial charge in [-0.25, -0.2) is 9.59 Å². The van der Waals surface area contributed by atoms with Gasteiger partial charge in [0.2, 0.25) is 0 Å². The Hall–Kier alpha value is -3.94. The highest BCUT2D eigenvalue weighted by Gasteiger charge is 2.24. The number of hydrogen-bond donors (Lipinski definition) is 2. The summed E-state index contributed by atoms with van der Waals surface area (Å²) in [7, 11) is 1.35. The van der Waals surface area contributed by atoms with E-state index >= 15 is 0 Å². The number of nitrogens with one attached hydrogen (secondary N) is 2. The average molecular weight is 408 g/mol. The monoisotopic (exact) mass is 408 g/mol. The second kappa shape index (κ2) is 8.60. The fourth-order valence-corrected chi connectivity index (χ4v) is 2.89. The molecule has 1 heterocycles. The Morgan fingerprint density at radius 3 is 2.40 bits per heavy atom. The van der Waals surface area contributed by atoms with Crippen molar-refractivity contribution in [3.8, 4) is 11.3 Å². The van der Waals surface area contributed by atoms with E-state index < -0.39 is 24.0 Å². The van der Waals surface area contributed by atoms with E-state index in [9.17, 15) is 19.2 Å². The van der Waals surface area contributed by atoms with Crippen LogP contribution in [0.2, 0.25) is 0 Å². The molecule has 2 aromatic carbocycles. The van der Waals surface area contributed by atoms with Crippen molar-refractivity contribution in [2.45, 2.75) is 20.0 Å². The number of carbonyl (C=O) groups is 3. The number of hydrogen-bond acceptors (Lipinski definition) is 6. The Bertz CT molecular complexity index is 1180. The summed E-state index contributed by atoms with van der Waals surface area (Å²) >= 11 is 0. The van der Waals surface area contributed by atoms with Gasteiger partial charge in [-0.05, 0) is 26.0 Å². The van der Waals surface area contributed by atoms with Crippen molar-refractivity contribution < 1.29 is 23.5 Å². The Kier molecular flexibility index (Phi) is 5.96. The fraction of sp³-hybridized carbons (Fsp3) is 0.182. The molecule has 0 saturated carbocycles. The van der Waals surface area contributed by atoms with Gasteiger partial charge in [-0.15, -0.1) is 0 Å². The normalized spacial score (nSPS) is 11.6. The van der Waals surface area contributed by atoms with Crippen LogP contribution < -0.4 is 16.1 Å². The molecule has 8 nitrogen and oxygen atoms in total. The highest BCUT2D eigenvalue weighted by Crippen LogP contribution is 2.27. The molecule has 0 saturated heterocycles. The molecule has 154 valence electrons. The van der Waals surface area contributed by atoms with E-state index in [4.69, 9.17) is 9.15 Å². The van der Waals surface area contributed by atoms with Crippen LogP contribution in [0.1, 0.15) is 22.8 Å². The first-order chi connectivity index (χ1) is 14.3. The minimum absolute atomic E-state index is 0.00127. The zero-order chi connectivity index (χ0) is 21.8. The number of imide groups is 1. The maximum Gasteiger partial charge on any atom is 0.342 e. The van der Waals surface area contributed by atoms with E-state index in [-0.39, 0.29) is 22.0 Å². The lowest BCUT2D eigenvalue weighted by Gasteiger charge is -2.14. The van der Waals surface area contributed by atoms with Crippen molar-refractivity contribution in [2.24, 2.45) is 0 Å². The number of para-hydroxylation sites is 1. The number of urea groups is 1. The second-order valence-electron chi connectivity index (χ2n) is 6.55. The molecular formula is C22H20N2O6. The van der Waals surface area contributed by atoms with Crippen LogP contribution in [0.15, 0.2) is 57.7 Å². The van der Waals surface area contributed by atoms with E-state index in [2.05, 4.69) is 5.32 Å². The van der Waals surface area contributed by atoms with Gasteiger partial charge in [0, 0.05) is 18.2 Å². The molecule has 1 atom stereocenters. The molecule has 30 heavy (non-hydrogen) atoms. The number of ether oxygens (including phenoxy) is 1. The molecule has 0 radical (unpaired) electrons. The van der Waals surface area contributed by atoms with Crippen LogP contribution in [0.4, 0.5) is 4.79 Å². The molecule has 2 N–H and O–H groups in total. The summed E-state index contributed by atoms with van der Waals surface area (Å²) in [5.74, 6) is -1.30. The molecule has 0 spiro atoms. The quantitative estimate of drug-likeness (QED) is 0.642. The first-order valence-corrected chi connectivity index (χ1v) is 9.19. The van der Waals surface area contributed by atoms with Gasteiger partial charge in [0.1, 0.15) is 11.3 Å². The summed E-state index contributed by atoms with van der Waals surface area (Å²) in [6.07, 6.45) is -1.24. The standard InChI is InChI=1S/C22H20N2O6/c1-12-17(25)15-10-7-11-16(19(15)30-18(12)14-8-5-4-6-9-14)21(27)29-13(2)20(26)24-22(28)23-3/h4-11,13H,1-3H3,(H2,23,24,26,28)/t13-/m1/s1. The highest BCUT2D eigenvalue weighted by atomic mass is 16.5. The van der Waals surface area contributed by atoms with Crippen LogP contribution in [-0.4, -0.2) is 31.1 Å². The number of rotatable bonds is 4. The van der Waals surface area contributed by atoms with Crippen LogP contribution in [0.5, 0.6) is 0 Å². The summed E-state index contributed by atoms with van der Waals surface area (Å²) < 4.78 is 11.1. The van der Waals surface area contributed by atoms with E-state index in [1.807, 2.05) is 23.5 Å². The number of carbonyl (C=O) groups excluding carboxylic acids is 3. The Labute approximate surface area is 171 Å². The van der Waals surface area contributed by atoms with Crippen LogP contribution in [-0.2, 0) is 9.53 Å².